The number of halogens is 3. The van der Waals surface area contributed by atoms with Gasteiger partial charge in [-0.2, -0.15) is 13.2 Å². The van der Waals surface area contributed by atoms with Crippen molar-refractivity contribution in [2.75, 3.05) is 0 Å². The largest absolute Gasteiger partial charge is 0.416 e. The van der Waals surface area contributed by atoms with Crippen molar-refractivity contribution in [2.45, 2.75) is 19.5 Å². The number of carbonyl (C=O) groups is 1. The van der Waals surface area contributed by atoms with E-state index in [1.807, 2.05) is 0 Å². The van der Waals surface area contributed by atoms with Crippen LogP contribution in [0.3, 0.4) is 0 Å². The summed E-state index contributed by atoms with van der Waals surface area (Å²) in [6, 6.07) is 4.55. The zero-order valence-electron chi connectivity index (χ0n) is 9.98. The van der Waals surface area contributed by atoms with Gasteiger partial charge in [0.1, 0.15) is 5.78 Å². The SMILES string of the molecule is CC(=O)Cc1cn(-c2ccc(C(F)(F)F)cc2)nn1. The van der Waals surface area contributed by atoms with Gasteiger partial charge in [0.25, 0.3) is 0 Å². The van der Waals surface area contributed by atoms with Gasteiger partial charge in [0.2, 0.25) is 0 Å². The second-order valence-corrected chi connectivity index (χ2v) is 4.08. The minimum absolute atomic E-state index is 0.0560. The van der Waals surface area contributed by atoms with Gasteiger partial charge in [-0.3, -0.25) is 4.79 Å². The van der Waals surface area contributed by atoms with Gasteiger partial charge >= 0.3 is 6.18 Å². The summed E-state index contributed by atoms with van der Waals surface area (Å²) in [7, 11) is 0. The van der Waals surface area contributed by atoms with Gasteiger partial charge in [-0.25, -0.2) is 4.68 Å². The lowest BCUT2D eigenvalue weighted by molar-refractivity contribution is -0.137. The number of carbonyl (C=O) groups excluding carboxylic acids is 1. The van der Waals surface area contributed by atoms with E-state index in [-0.39, 0.29) is 12.2 Å². The molecule has 1 aromatic heterocycles. The van der Waals surface area contributed by atoms with E-state index in [2.05, 4.69) is 10.3 Å². The first-order chi connectivity index (χ1) is 8.86. The van der Waals surface area contributed by atoms with Crippen molar-refractivity contribution in [2.24, 2.45) is 0 Å². The summed E-state index contributed by atoms with van der Waals surface area (Å²) in [5, 5.41) is 7.54. The van der Waals surface area contributed by atoms with Crippen molar-refractivity contribution in [1.29, 1.82) is 0 Å². The van der Waals surface area contributed by atoms with E-state index in [4.69, 9.17) is 0 Å². The molecule has 2 rings (SSSR count). The molecule has 0 saturated heterocycles. The zero-order valence-corrected chi connectivity index (χ0v) is 9.98. The molecule has 0 bridgehead atoms. The Morgan fingerprint density at radius 1 is 1.26 bits per heavy atom. The lowest BCUT2D eigenvalue weighted by atomic mass is 10.2. The average Bonchev–Trinajstić information content (AvgIpc) is 2.75. The Morgan fingerprint density at radius 3 is 2.42 bits per heavy atom. The highest BCUT2D eigenvalue weighted by Gasteiger charge is 2.30. The van der Waals surface area contributed by atoms with Gasteiger partial charge in [0.05, 0.1) is 29.6 Å². The molecule has 1 heterocycles. The van der Waals surface area contributed by atoms with Crippen LogP contribution in [0, 0.1) is 0 Å². The minimum Gasteiger partial charge on any atom is -0.300 e. The fourth-order valence-electron chi connectivity index (χ4n) is 1.56. The van der Waals surface area contributed by atoms with Crippen LogP contribution in [0.2, 0.25) is 0 Å². The predicted molar refractivity (Wildman–Crippen MR) is 60.7 cm³/mol. The fourth-order valence-corrected chi connectivity index (χ4v) is 1.56. The molecule has 0 fully saturated rings. The maximum atomic E-state index is 12.4. The number of alkyl halides is 3. The Labute approximate surface area is 106 Å². The van der Waals surface area contributed by atoms with Crippen molar-refractivity contribution in [3.63, 3.8) is 0 Å². The van der Waals surface area contributed by atoms with E-state index in [9.17, 15) is 18.0 Å². The molecule has 0 spiro atoms. The molecule has 0 aliphatic heterocycles. The lowest BCUT2D eigenvalue weighted by Crippen LogP contribution is -2.05. The molecule has 4 nitrogen and oxygen atoms in total. The molecule has 0 amide bonds. The van der Waals surface area contributed by atoms with Gasteiger partial charge in [-0.15, -0.1) is 5.10 Å². The van der Waals surface area contributed by atoms with Gasteiger partial charge in [-0.1, -0.05) is 5.21 Å². The highest BCUT2D eigenvalue weighted by Crippen LogP contribution is 2.29. The Kier molecular flexibility index (Phi) is 3.37. The number of aromatic nitrogens is 3. The van der Waals surface area contributed by atoms with Crippen LogP contribution >= 0.6 is 0 Å². The van der Waals surface area contributed by atoms with E-state index in [0.29, 0.717) is 11.4 Å². The Hall–Kier alpha value is -2.18. The molecule has 0 N–H and O–H groups in total. The summed E-state index contributed by atoms with van der Waals surface area (Å²) >= 11 is 0. The molecule has 100 valence electrons. The van der Waals surface area contributed by atoms with Crippen LogP contribution in [0.5, 0.6) is 0 Å². The first kappa shape index (κ1) is 13.3. The van der Waals surface area contributed by atoms with Crippen LogP contribution in [0.4, 0.5) is 13.2 Å². The third-order valence-electron chi connectivity index (χ3n) is 2.43. The topological polar surface area (TPSA) is 47.8 Å². The van der Waals surface area contributed by atoms with Crippen LogP contribution in [0.25, 0.3) is 5.69 Å². The monoisotopic (exact) mass is 269 g/mol. The predicted octanol–water partition coefficient (Wildman–Crippen LogP) is 2.42. The smallest absolute Gasteiger partial charge is 0.300 e. The van der Waals surface area contributed by atoms with Crippen LogP contribution in [-0.2, 0) is 17.4 Å². The van der Waals surface area contributed by atoms with Crippen molar-refractivity contribution in [1.82, 2.24) is 15.0 Å². The first-order valence-corrected chi connectivity index (χ1v) is 5.44. The van der Waals surface area contributed by atoms with Crippen LogP contribution in [0.1, 0.15) is 18.2 Å². The summed E-state index contributed by atoms with van der Waals surface area (Å²) in [5.41, 5.74) is 0.211. The molecule has 19 heavy (non-hydrogen) atoms. The Balaban J connectivity index is 2.23. The molecular formula is C12H10F3N3O. The number of nitrogens with zero attached hydrogens (tertiary/aromatic N) is 3. The number of rotatable bonds is 3. The molecule has 2 aromatic rings. The van der Waals surface area contributed by atoms with E-state index in [1.165, 1.54) is 29.9 Å². The van der Waals surface area contributed by atoms with Crippen molar-refractivity contribution in [3.05, 3.63) is 41.7 Å². The molecule has 0 saturated carbocycles. The molecule has 7 heteroatoms. The van der Waals surface area contributed by atoms with E-state index in [1.54, 1.807) is 0 Å². The Bertz CT molecular complexity index is 587. The quantitative estimate of drug-likeness (QED) is 0.859. The zero-order chi connectivity index (χ0) is 14.0. The van der Waals surface area contributed by atoms with Crippen LogP contribution < -0.4 is 0 Å². The maximum Gasteiger partial charge on any atom is 0.416 e. The number of benzene rings is 1. The van der Waals surface area contributed by atoms with Crippen LogP contribution in [-0.4, -0.2) is 20.8 Å². The summed E-state index contributed by atoms with van der Waals surface area (Å²) < 4.78 is 38.5. The molecule has 0 aliphatic carbocycles. The minimum atomic E-state index is -4.36. The van der Waals surface area contributed by atoms with Gasteiger partial charge in [0.15, 0.2) is 0 Å². The molecule has 0 aliphatic rings. The molecule has 0 atom stereocenters. The van der Waals surface area contributed by atoms with E-state index in [0.717, 1.165) is 12.1 Å². The average molecular weight is 269 g/mol. The number of ketones is 1. The fraction of sp³-hybridized carbons (Fsp3) is 0.250. The van der Waals surface area contributed by atoms with Gasteiger partial charge in [-0.05, 0) is 31.2 Å². The van der Waals surface area contributed by atoms with Gasteiger partial charge in [0, 0.05) is 0 Å². The number of Topliss-reactive ketones (excluding diaryl/α,β-unsaturated/α-hetero) is 1. The summed E-state index contributed by atoms with van der Waals surface area (Å²) in [5.74, 6) is -0.0560. The summed E-state index contributed by atoms with van der Waals surface area (Å²) in [6.07, 6.45) is -2.69. The molecule has 0 radical (unpaired) electrons. The highest BCUT2D eigenvalue weighted by atomic mass is 19.4. The Morgan fingerprint density at radius 2 is 1.89 bits per heavy atom. The van der Waals surface area contributed by atoms with Crippen molar-refractivity contribution < 1.29 is 18.0 Å². The van der Waals surface area contributed by atoms with Crippen molar-refractivity contribution in [3.8, 4) is 5.69 Å². The highest BCUT2D eigenvalue weighted by molar-refractivity contribution is 5.77. The molecular weight excluding hydrogens is 259 g/mol. The first-order valence-electron chi connectivity index (χ1n) is 5.44. The third-order valence-corrected chi connectivity index (χ3v) is 2.43. The van der Waals surface area contributed by atoms with Crippen molar-refractivity contribution >= 4 is 5.78 Å². The number of hydrogen-bond donors (Lipinski definition) is 0. The maximum absolute atomic E-state index is 12.4. The second-order valence-electron chi connectivity index (χ2n) is 4.08. The second kappa shape index (κ2) is 4.83. The summed E-state index contributed by atoms with van der Waals surface area (Å²) in [4.78, 5) is 10.9. The molecule has 0 unspecified atom stereocenters. The van der Waals surface area contributed by atoms with E-state index < -0.39 is 11.7 Å². The molecule has 1 aromatic carbocycles. The van der Waals surface area contributed by atoms with Gasteiger partial charge < -0.3 is 0 Å². The summed E-state index contributed by atoms with van der Waals surface area (Å²) in [6.45, 7) is 1.43. The lowest BCUT2D eigenvalue weighted by Gasteiger charge is -2.07. The normalized spacial score (nSPS) is 11.6. The third kappa shape index (κ3) is 3.18. The standard InChI is InChI=1S/C12H10F3N3O/c1-8(19)6-10-7-18(17-16-10)11-4-2-9(3-5-11)12(13,14)15/h2-5,7H,6H2,1H3. The van der Waals surface area contributed by atoms with E-state index >= 15 is 0 Å². The van der Waals surface area contributed by atoms with Crippen LogP contribution in [0.15, 0.2) is 30.5 Å². The number of hydrogen-bond acceptors (Lipinski definition) is 3.